The monoisotopic (exact) mass is 470 g/mol. The van der Waals surface area contributed by atoms with Gasteiger partial charge in [0.2, 0.25) is 5.91 Å². The Morgan fingerprint density at radius 2 is 1.74 bits per heavy atom. The largest absolute Gasteiger partial charge is 0.379 e. The van der Waals surface area contributed by atoms with Gasteiger partial charge in [0, 0.05) is 50.0 Å². The van der Waals surface area contributed by atoms with Crippen molar-refractivity contribution < 1.29 is 14.3 Å². The molecule has 3 fully saturated rings. The molecule has 2 aliphatic heterocycles. The van der Waals surface area contributed by atoms with Crippen LogP contribution in [0, 0.1) is 11.8 Å². The van der Waals surface area contributed by atoms with E-state index in [2.05, 4.69) is 27.4 Å². The second kappa shape index (κ2) is 12.5. The van der Waals surface area contributed by atoms with Gasteiger partial charge in [0.25, 0.3) is 5.91 Å². The second-order valence-corrected chi connectivity index (χ2v) is 10.3. The van der Waals surface area contributed by atoms with Crippen LogP contribution in [0.1, 0.15) is 68.6 Å². The minimum absolute atomic E-state index is 0.0515. The second-order valence-electron chi connectivity index (χ2n) is 10.3. The van der Waals surface area contributed by atoms with Gasteiger partial charge in [-0.15, -0.1) is 0 Å². The Hall–Kier alpha value is -2.12. The predicted octanol–water partition coefficient (Wildman–Crippen LogP) is 3.89. The van der Waals surface area contributed by atoms with Crippen LogP contribution in [0.4, 0.5) is 11.4 Å². The first-order valence-corrected chi connectivity index (χ1v) is 13.4. The summed E-state index contributed by atoms with van der Waals surface area (Å²) in [5.74, 6) is 0.859. The molecule has 1 aromatic carbocycles. The highest BCUT2D eigenvalue weighted by molar-refractivity contribution is 6.02. The van der Waals surface area contributed by atoms with Crippen LogP contribution in [0.15, 0.2) is 18.2 Å². The summed E-state index contributed by atoms with van der Waals surface area (Å²) in [6.07, 6.45) is 8.61. The van der Waals surface area contributed by atoms with Gasteiger partial charge in [-0.05, 0) is 62.8 Å². The van der Waals surface area contributed by atoms with Crippen LogP contribution in [0.3, 0.4) is 0 Å². The summed E-state index contributed by atoms with van der Waals surface area (Å²) < 4.78 is 5.41. The maximum Gasteiger partial charge on any atom is 0.253 e. The number of rotatable bonds is 8. The highest BCUT2D eigenvalue weighted by Crippen LogP contribution is 2.30. The van der Waals surface area contributed by atoms with E-state index in [0.29, 0.717) is 12.1 Å². The molecular formula is C27H42N4O3. The lowest BCUT2D eigenvalue weighted by molar-refractivity contribution is -0.120. The molecule has 2 heterocycles. The highest BCUT2D eigenvalue weighted by atomic mass is 16.5. The molecular weight excluding hydrogens is 428 g/mol. The molecule has 2 amide bonds. The number of amides is 2. The molecule has 1 saturated carbocycles. The minimum atomic E-state index is -0.0515. The molecule has 7 heteroatoms. The van der Waals surface area contributed by atoms with Crippen molar-refractivity contribution in [2.24, 2.45) is 11.8 Å². The van der Waals surface area contributed by atoms with Crippen LogP contribution in [0.25, 0.3) is 0 Å². The van der Waals surface area contributed by atoms with Crippen LogP contribution >= 0.6 is 0 Å². The Bertz CT molecular complexity index is 810. The van der Waals surface area contributed by atoms with E-state index in [1.807, 2.05) is 18.2 Å². The van der Waals surface area contributed by atoms with Crippen molar-refractivity contribution in [3.63, 3.8) is 0 Å². The van der Waals surface area contributed by atoms with Crippen molar-refractivity contribution in [1.29, 1.82) is 0 Å². The van der Waals surface area contributed by atoms with Gasteiger partial charge in [-0.1, -0.05) is 26.2 Å². The first-order chi connectivity index (χ1) is 16.6. The summed E-state index contributed by atoms with van der Waals surface area (Å²) in [7, 11) is 0. The van der Waals surface area contributed by atoms with Gasteiger partial charge in [-0.3, -0.25) is 14.5 Å². The third kappa shape index (κ3) is 6.95. The van der Waals surface area contributed by atoms with Crippen LogP contribution in [0.2, 0.25) is 0 Å². The summed E-state index contributed by atoms with van der Waals surface area (Å²) in [4.78, 5) is 30.8. The summed E-state index contributed by atoms with van der Waals surface area (Å²) in [6.45, 7) is 9.36. The fraction of sp³-hybridized carbons (Fsp3) is 0.704. The summed E-state index contributed by atoms with van der Waals surface area (Å²) in [5, 5.41) is 6.23. The molecule has 4 rings (SSSR count). The smallest absolute Gasteiger partial charge is 0.253 e. The van der Waals surface area contributed by atoms with E-state index >= 15 is 0 Å². The number of nitrogens with zero attached hydrogens (tertiary/aromatic N) is 2. The molecule has 0 unspecified atom stereocenters. The number of nitrogens with one attached hydrogen (secondary N) is 2. The van der Waals surface area contributed by atoms with Crippen molar-refractivity contribution in [1.82, 2.24) is 10.2 Å². The van der Waals surface area contributed by atoms with Gasteiger partial charge in [0.1, 0.15) is 0 Å². The minimum Gasteiger partial charge on any atom is -0.379 e. The molecule has 2 saturated heterocycles. The van der Waals surface area contributed by atoms with E-state index in [0.717, 1.165) is 108 Å². The SMILES string of the molecule is CC1CCN(c2ccc(NC(=O)C3CCCCC3)cc2C(=O)NCCCN2CCOCC2)CC1. The van der Waals surface area contributed by atoms with Crippen LogP contribution < -0.4 is 15.5 Å². The number of benzene rings is 1. The van der Waals surface area contributed by atoms with Gasteiger partial charge < -0.3 is 20.3 Å². The molecule has 3 aliphatic rings. The van der Waals surface area contributed by atoms with Gasteiger partial charge in [0.05, 0.1) is 18.8 Å². The standard InChI is InChI=1S/C27H42N4O3/c1-21-10-14-31(15-11-21)25-9-8-23(29-26(32)22-6-3-2-4-7-22)20-24(25)27(33)28-12-5-13-30-16-18-34-19-17-30/h8-9,20-22H,2-7,10-19H2,1H3,(H,28,33)(H,29,32). The van der Waals surface area contributed by atoms with E-state index in [9.17, 15) is 9.59 Å². The Kier molecular flexibility index (Phi) is 9.22. The summed E-state index contributed by atoms with van der Waals surface area (Å²) in [5.41, 5.74) is 2.37. The lowest BCUT2D eigenvalue weighted by Gasteiger charge is -2.33. The first kappa shape index (κ1) is 25.0. The van der Waals surface area contributed by atoms with E-state index in [1.165, 1.54) is 6.42 Å². The maximum atomic E-state index is 13.3. The fourth-order valence-corrected chi connectivity index (χ4v) is 5.35. The molecule has 34 heavy (non-hydrogen) atoms. The molecule has 0 radical (unpaired) electrons. The first-order valence-electron chi connectivity index (χ1n) is 13.4. The van der Waals surface area contributed by atoms with E-state index in [1.54, 1.807) is 0 Å². The van der Waals surface area contributed by atoms with Crippen molar-refractivity contribution in [2.45, 2.75) is 58.3 Å². The van der Waals surface area contributed by atoms with Gasteiger partial charge in [-0.25, -0.2) is 0 Å². The Balaban J connectivity index is 1.40. The topological polar surface area (TPSA) is 73.9 Å². The zero-order valence-corrected chi connectivity index (χ0v) is 20.8. The van der Waals surface area contributed by atoms with Gasteiger partial charge >= 0.3 is 0 Å². The van der Waals surface area contributed by atoms with Gasteiger partial charge in [0.15, 0.2) is 0 Å². The zero-order valence-electron chi connectivity index (χ0n) is 20.8. The fourth-order valence-electron chi connectivity index (χ4n) is 5.35. The van der Waals surface area contributed by atoms with Crippen molar-refractivity contribution in [2.75, 3.05) is 62.7 Å². The molecule has 188 valence electrons. The zero-order chi connectivity index (χ0) is 23.8. The Morgan fingerprint density at radius 1 is 1.00 bits per heavy atom. The lowest BCUT2D eigenvalue weighted by Crippen LogP contribution is -2.38. The third-order valence-corrected chi connectivity index (χ3v) is 7.65. The number of piperidine rings is 1. The third-order valence-electron chi connectivity index (χ3n) is 7.65. The molecule has 0 atom stereocenters. The average Bonchev–Trinajstić information content (AvgIpc) is 2.88. The molecule has 7 nitrogen and oxygen atoms in total. The van der Waals surface area contributed by atoms with Crippen LogP contribution in [-0.2, 0) is 9.53 Å². The van der Waals surface area contributed by atoms with Crippen molar-refractivity contribution in [3.8, 4) is 0 Å². The van der Waals surface area contributed by atoms with E-state index in [-0.39, 0.29) is 17.7 Å². The lowest BCUT2D eigenvalue weighted by atomic mass is 9.88. The number of carbonyl (C=O) groups excluding carboxylic acids is 2. The normalized spacial score (nSPS) is 20.8. The summed E-state index contributed by atoms with van der Waals surface area (Å²) in [6, 6.07) is 5.86. The average molecular weight is 471 g/mol. The summed E-state index contributed by atoms with van der Waals surface area (Å²) >= 11 is 0. The molecule has 0 bridgehead atoms. The number of hydrogen-bond donors (Lipinski definition) is 2. The quantitative estimate of drug-likeness (QED) is 0.564. The van der Waals surface area contributed by atoms with Crippen molar-refractivity contribution in [3.05, 3.63) is 23.8 Å². The van der Waals surface area contributed by atoms with E-state index < -0.39 is 0 Å². The molecule has 0 aromatic heterocycles. The maximum absolute atomic E-state index is 13.3. The number of ether oxygens (including phenoxy) is 1. The number of anilines is 2. The van der Waals surface area contributed by atoms with E-state index in [4.69, 9.17) is 4.74 Å². The molecule has 0 spiro atoms. The van der Waals surface area contributed by atoms with Crippen LogP contribution in [-0.4, -0.2) is 69.2 Å². The van der Waals surface area contributed by atoms with Crippen LogP contribution in [0.5, 0.6) is 0 Å². The van der Waals surface area contributed by atoms with Gasteiger partial charge in [-0.2, -0.15) is 0 Å². The Labute approximate surface area is 204 Å². The molecule has 2 N–H and O–H groups in total. The number of morpholine rings is 1. The predicted molar refractivity (Wildman–Crippen MR) is 136 cm³/mol. The van der Waals surface area contributed by atoms with Crippen molar-refractivity contribution >= 4 is 23.2 Å². The number of carbonyl (C=O) groups is 2. The number of hydrogen-bond acceptors (Lipinski definition) is 5. The molecule has 1 aromatic rings. The highest BCUT2D eigenvalue weighted by Gasteiger charge is 2.24. The molecule has 1 aliphatic carbocycles. The Morgan fingerprint density at radius 3 is 2.47 bits per heavy atom.